The highest BCUT2D eigenvalue weighted by Gasteiger charge is 2.13. The first kappa shape index (κ1) is 21.3. The fourth-order valence-corrected chi connectivity index (χ4v) is 3.67. The molecule has 0 unspecified atom stereocenters. The minimum atomic E-state index is 0.407. The smallest absolute Gasteiger partial charge is 0.161 e. The van der Waals surface area contributed by atoms with Gasteiger partial charge in [0.05, 0.1) is 16.7 Å². The monoisotopic (exact) mass is 422 g/mol. The summed E-state index contributed by atoms with van der Waals surface area (Å²) in [5.74, 6) is 2.26. The summed E-state index contributed by atoms with van der Waals surface area (Å²) in [6, 6.07) is 11.6. The van der Waals surface area contributed by atoms with Crippen molar-refractivity contribution in [3.8, 4) is 11.5 Å². The van der Waals surface area contributed by atoms with Crippen LogP contribution in [0.25, 0.3) is 0 Å². The van der Waals surface area contributed by atoms with Crippen LogP contribution >= 0.6 is 23.2 Å². The summed E-state index contributed by atoms with van der Waals surface area (Å²) < 4.78 is 11.8. The van der Waals surface area contributed by atoms with E-state index in [1.54, 1.807) is 6.07 Å². The number of piperidine rings is 1. The Hall–Kier alpha value is -1.46. The van der Waals surface area contributed by atoms with Crippen molar-refractivity contribution in [2.24, 2.45) is 5.92 Å². The van der Waals surface area contributed by atoms with Crippen LogP contribution in [0.1, 0.15) is 30.9 Å². The van der Waals surface area contributed by atoms with Crippen LogP contribution in [0.4, 0.5) is 0 Å². The second kappa shape index (κ2) is 10.9. The van der Waals surface area contributed by atoms with Crippen LogP contribution in [0.3, 0.4) is 0 Å². The molecular formula is C22H28Cl2N2O2. The zero-order valence-corrected chi connectivity index (χ0v) is 17.8. The maximum Gasteiger partial charge on any atom is 0.161 e. The van der Waals surface area contributed by atoms with E-state index in [0.29, 0.717) is 23.3 Å². The molecule has 28 heavy (non-hydrogen) atoms. The van der Waals surface area contributed by atoms with E-state index in [1.807, 2.05) is 25.1 Å². The largest absolute Gasteiger partial charge is 0.490 e. The average Bonchev–Trinajstić information content (AvgIpc) is 2.71. The molecule has 0 spiro atoms. The Labute approximate surface area is 177 Å². The average molecular weight is 423 g/mol. The van der Waals surface area contributed by atoms with Gasteiger partial charge in [0.1, 0.15) is 6.61 Å². The Morgan fingerprint density at radius 1 is 0.964 bits per heavy atom. The third-order valence-corrected chi connectivity index (χ3v) is 5.65. The van der Waals surface area contributed by atoms with Crippen molar-refractivity contribution in [1.29, 1.82) is 0 Å². The van der Waals surface area contributed by atoms with Gasteiger partial charge in [-0.15, -0.1) is 0 Å². The van der Waals surface area contributed by atoms with Crippen molar-refractivity contribution in [2.45, 2.75) is 32.9 Å². The van der Waals surface area contributed by atoms with E-state index in [1.165, 1.54) is 18.4 Å². The van der Waals surface area contributed by atoms with Crippen molar-refractivity contribution in [2.75, 3.05) is 26.2 Å². The Kier molecular flexibility index (Phi) is 8.28. The maximum absolute atomic E-state index is 6.08. The first-order chi connectivity index (χ1) is 13.7. The predicted octanol–water partition coefficient (Wildman–Crippen LogP) is 5.06. The standard InChI is InChI=1S/C22H28Cl2N2O2/c1-2-27-22-12-17(14-26-13-16-7-9-25-10-8-16)4-6-21(22)28-15-18-3-5-19(23)20(24)11-18/h3-6,11-12,16,25-26H,2,7-10,13-15H2,1H3. The maximum atomic E-state index is 6.08. The van der Waals surface area contributed by atoms with E-state index in [0.717, 1.165) is 49.2 Å². The van der Waals surface area contributed by atoms with Gasteiger partial charge in [-0.2, -0.15) is 0 Å². The minimum Gasteiger partial charge on any atom is -0.490 e. The van der Waals surface area contributed by atoms with Crippen LogP contribution in [0.15, 0.2) is 36.4 Å². The van der Waals surface area contributed by atoms with Gasteiger partial charge in [0, 0.05) is 6.54 Å². The summed E-state index contributed by atoms with van der Waals surface area (Å²) in [7, 11) is 0. The van der Waals surface area contributed by atoms with Crippen molar-refractivity contribution in [3.63, 3.8) is 0 Å². The third kappa shape index (κ3) is 6.28. The van der Waals surface area contributed by atoms with E-state index in [4.69, 9.17) is 32.7 Å². The summed E-state index contributed by atoms with van der Waals surface area (Å²) in [4.78, 5) is 0. The van der Waals surface area contributed by atoms with Crippen molar-refractivity contribution < 1.29 is 9.47 Å². The molecule has 1 aliphatic heterocycles. The van der Waals surface area contributed by atoms with E-state index < -0.39 is 0 Å². The second-order valence-electron chi connectivity index (χ2n) is 7.08. The first-order valence-corrected chi connectivity index (χ1v) is 10.6. The van der Waals surface area contributed by atoms with Gasteiger partial charge < -0.3 is 20.1 Å². The fraction of sp³-hybridized carbons (Fsp3) is 0.455. The number of nitrogens with one attached hydrogen (secondary N) is 2. The summed E-state index contributed by atoms with van der Waals surface area (Å²) >= 11 is 12.1. The fourth-order valence-electron chi connectivity index (χ4n) is 3.35. The van der Waals surface area contributed by atoms with Crippen LogP contribution in [0.2, 0.25) is 10.0 Å². The van der Waals surface area contributed by atoms with E-state index in [9.17, 15) is 0 Å². The van der Waals surface area contributed by atoms with Gasteiger partial charge >= 0.3 is 0 Å². The summed E-state index contributed by atoms with van der Waals surface area (Å²) in [6.45, 7) is 7.12. The molecule has 1 aliphatic rings. The number of benzene rings is 2. The second-order valence-corrected chi connectivity index (χ2v) is 7.89. The van der Waals surface area contributed by atoms with Crippen molar-refractivity contribution in [1.82, 2.24) is 10.6 Å². The van der Waals surface area contributed by atoms with Gasteiger partial charge in [-0.05, 0) is 80.7 Å². The molecule has 0 aromatic heterocycles. The Balaban J connectivity index is 1.57. The zero-order chi connectivity index (χ0) is 19.8. The lowest BCUT2D eigenvalue weighted by Crippen LogP contribution is -2.33. The highest BCUT2D eigenvalue weighted by Crippen LogP contribution is 2.30. The van der Waals surface area contributed by atoms with E-state index in [-0.39, 0.29) is 0 Å². The molecule has 0 aliphatic carbocycles. The van der Waals surface area contributed by atoms with Gasteiger partial charge in [-0.1, -0.05) is 35.3 Å². The molecule has 4 nitrogen and oxygen atoms in total. The van der Waals surface area contributed by atoms with Gasteiger partial charge in [0.25, 0.3) is 0 Å². The quantitative estimate of drug-likeness (QED) is 0.592. The van der Waals surface area contributed by atoms with Gasteiger partial charge in [-0.25, -0.2) is 0 Å². The van der Waals surface area contributed by atoms with E-state index >= 15 is 0 Å². The summed E-state index contributed by atoms with van der Waals surface area (Å²) in [6.07, 6.45) is 2.50. The van der Waals surface area contributed by atoms with E-state index in [2.05, 4.69) is 22.8 Å². The molecule has 0 atom stereocenters. The molecule has 0 bridgehead atoms. The molecule has 152 valence electrons. The van der Waals surface area contributed by atoms with Gasteiger partial charge in [-0.3, -0.25) is 0 Å². The highest BCUT2D eigenvalue weighted by molar-refractivity contribution is 6.42. The minimum absolute atomic E-state index is 0.407. The summed E-state index contributed by atoms with van der Waals surface area (Å²) in [5, 5.41) is 8.06. The molecule has 2 aromatic carbocycles. The number of rotatable bonds is 9. The molecule has 0 amide bonds. The summed E-state index contributed by atoms with van der Waals surface area (Å²) in [5.41, 5.74) is 2.16. The molecule has 3 rings (SSSR count). The topological polar surface area (TPSA) is 42.5 Å². The molecule has 1 fully saturated rings. The number of ether oxygens (including phenoxy) is 2. The number of halogens is 2. The lowest BCUT2D eigenvalue weighted by molar-refractivity contribution is 0.269. The molecule has 1 saturated heterocycles. The number of hydrogen-bond acceptors (Lipinski definition) is 4. The predicted molar refractivity (Wildman–Crippen MR) is 116 cm³/mol. The Bertz CT molecular complexity index is 764. The molecule has 0 saturated carbocycles. The van der Waals surface area contributed by atoms with Crippen molar-refractivity contribution >= 4 is 23.2 Å². The van der Waals surface area contributed by atoms with Gasteiger partial charge in [0.2, 0.25) is 0 Å². The normalized spacial score (nSPS) is 14.8. The highest BCUT2D eigenvalue weighted by atomic mass is 35.5. The number of hydrogen-bond donors (Lipinski definition) is 2. The lowest BCUT2D eigenvalue weighted by Gasteiger charge is -2.23. The molecule has 6 heteroatoms. The lowest BCUT2D eigenvalue weighted by atomic mass is 9.98. The van der Waals surface area contributed by atoms with Gasteiger partial charge in [0.15, 0.2) is 11.5 Å². The SMILES string of the molecule is CCOc1cc(CNCC2CCNCC2)ccc1OCc1ccc(Cl)c(Cl)c1. The molecule has 1 heterocycles. The van der Waals surface area contributed by atoms with Crippen LogP contribution < -0.4 is 20.1 Å². The molecular weight excluding hydrogens is 395 g/mol. The van der Waals surface area contributed by atoms with Crippen LogP contribution in [-0.2, 0) is 13.2 Å². The third-order valence-electron chi connectivity index (χ3n) is 4.91. The first-order valence-electron chi connectivity index (χ1n) is 9.89. The molecule has 2 N–H and O–H groups in total. The zero-order valence-electron chi connectivity index (χ0n) is 16.3. The molecule has 0 radical (unpaired) electrons. The van der Waals surface area contributed by atoms with Crippen LogP contribution in [-0.4, -0.2) is 26.2 Å². The van der Waals surface area contributed by atoms with Crippen molar-refractivity contribution in [3.05, 3.63) is 57.6 Å². The molecule has 2 aromatic rings. The Morgan fingerprint density at radius 3 is 2.50 bits per heavy atom. The Morgan fingerprint density at radius 2 is 1.75 bits per heavy atom. The van der Waals surface area contributed by atoms with Crippen LogP contribution in [0, 0.1) is 5.92 Å². The van der Waals surface area contributed by atoms with Crippen LogP contribution in [0.5, 0.6) is 11.5 Å².